The normalized spacial score (nSPS) is 22.9. The van der Waals surface area contributed by atoms with Crippen LogP contribution < -0.4 is 5.32 Å². The highest BCUT2D eigenvalue weighted by atomic mass is 32.2. The number of nitrogens with zero attached hydrogens (tertiary/aromatic N) is 2. The number of hydrogen-bond acceptors (Lipinski definition) is 5. The first-order chi connectivity index (χ1) is 13.2. The van der Waals surface area contributed by atoms with Crippen LogP contribution in [0.3, 0.4) is 0 Å². The molecule has 1 atom stereocenters. The number of amides is 1. The fraction of sp³-hybridized carbons (Fsp3) is 0.600. The Morgan fingerprint density at radius 3 is 2.71 bits per heavy atom. The van der Waals surface area contributed by atoms with Crippen molar-refractivity contribution in [2.75, 3.05) is 18.8 Å². The molecule has 1 spiro atoms. The number of oxime groups is 1. The fourth-order valence-electron chi connectivity index (χ4n) is 3.67. The molecule has 0 saturated carbocycles. The quantitative estimate of drug-likeness (QED) is 0.783. The molecule has 0 radical (unpaired) electrons. The molecule has 1 aromatic rings. The van der Waals surface area contributed by atoms with Gasteiger partial charge in [-0.05, 0) is 31.2 Å². The van der Waals surface area contributed by atoms with Gasteiger partial charge in [0, 0.05) is 19.5 Å². The van der Waals surface area contributed by atoms with Crippen molar-refractivity contribution in [2.45, 2.75) is 52.2 Å². The van der Waals surface area contributed by atoms with Crippen molar-refractivity contribution in [3.05, 3.63) is 35.4 Å². The molecule has 0 aliphatic carbocycles. The van der Waals surface area contributed by atoms with E-state index in [-0.39, 0.29) is 24.1 Å². The summed E-state index contributed by atoms with van der Waals surface area (Å²) in [5.74, 6) is -0.0836. The van der Waals surface area contributed by atoms with Gasteiger partial charge in [-0.25, -0.2) is 8.42 Å². The molecule has 0 bridgehead atoms. The summed E-state index contributed by atoms with van der Waals surface area (Å²) >= 11 is 0. The number of nitrogens with one attached hydrogen (secondary N) is 1. The van der Waals surface area contributed by atoms with Gasteiger partial charge in [0.15, 0.2) is 5.60 Å². The van der Waals surface area contributed by atoms with E-state index in [1.54, 1.807) is 0 Å². The third-order valence-electron chi connectivity index (χ3n) is 5.12. The summed E-state index contributed by atoms with van der Waals surface area (Å²) in [4.78, 5) is 18.1. The van der Waals surface area contributed by atoms with Crippen LogP contribution in [-0.4, -0.2) is 48.8 Å². The van der Waals surface area contributed by atoms with E-state index in [0.29, 0.717) is 38.1 Å². The van der Waals surface area contributed by atoms with Crippen LogP contribution in [0.4, 0.5) is 0 Å². The Hall–Kier alpha value is -1.93. The van der Waals surface area contributed by atoms with E-state index >= 15 is 0 Å². The summed E-state index contributed by atoms with van der Waals surface area (Å²) < 4.78 is 26.7. The van der Waals surface area contributed by atoms with Gasteiger partial charge in [-0.3, -0.25) is 4.79 Å². The van der Waals surface area contributed by atoms with Gasteiger partial charge in [0.2, 0.25) is 10.0 Å². The molecular formula is C20H29N3O4S. The smallest absolute Gasteiger partial charge is 0.269 e. The molecule has 1 saturated heterocycles. The molecule has 154 valence electrons. The zero-order valence-electron chi connectivity index (χ0n) is 16.8. The van der Waals surface area contributed by atoms with Crippen LogP contribution in [0.5, 0.6) is 0 Å². The number of rotatable bonds is 6. The summed E-state index contributed by atoms with van der Waals surface area (Å²) in [6.45, 7) is 6.96. The molecule has 0 aromatic heterocycles. The summed E-state index contributed by atoms with van der Waals surface area (Å²) in [6, 6.07) is 7.95. The van der Waals surface area contributed by atoms with Gasteiger partial charge in [-0.15, -0.1) is 0 Å². The second-order valence-corrected chi connectivity index (χ2v) is 10.3. The Morgan fingerprint density at radius 2 is 2.04 bits per heavy atom. The van der Waals surface area contributed by atoms with E-state index in [1.807, 2.05) is 45.0 Å². The minimum atomic E-state index is -3.33. The topological polar surface area (TPSA) is 88.1 Å². The lowest BCUT2D eigenvalue weighted by Crippen LogP contribution is -2.51. The molecule has 8 heteroatoms. The van der Waals surface area contributed by atoms with Crippen LogP contribution in [0.1, 0.15) is 44.2 Å². The first-order valence-electron chi connectivity index (χ1n) is 9.76. The molecule has 2 heterocycles. The van der Waals surface area contributed by atoms with Crippen LogP contribution in [0, 0.1) is 12.8 Å². The lowest BCUT2D eigenvalue weighted by molar-refractivity contribution is -0.115. The van der Waals surface area contributed by atoms with E-state index in [0.717, 1.165) is 5.56 Å². The van der Waals surface area contributed by atoms with Crippen molar-refractivity contribution < 1.29 is 18.0 Å². The first-order valence-corrected chi connectivity index (χ1v) is 11.4. The Kier molecular flexibility index (Phi) is 6.09. The van der Waals surface area contributed by atoms with E-state index in [9.17, 15) is 13.2 Å². The van der Waals surface area contributed by atoms with Crippen molar-refractivity contribution in [3.8, 4) is 0 Å². The average molecular weight is 408 g/mol. The highest BCUT2D eigenvalue weighted by molar-refractivity contribution is 7.89. The number of carbonyl (C=O) groups excluding carboxylic acids is 1. The van der Waals surface area contributed by atoms with Crippen molar-refractivity contribution in [2.24, 2.45) is 11.1 Å². The van der Waals surface area contributed by atoms with Gasteiger partial charge in [0.25, 0.3) is 5.91 Å². The summed E-state index contributed by atoms with van der Waals surface area (Å²) in [5, 5.41) is 6.87. The van der Waals surface area contributed by atoms with E-state index in [4.69, 9.17) is 4.84 Å². The SMILES string of the molecule is Cc1ccc(CNC(=O)C2=NOC3(CCCN(S(=O)(=O)CC(C)C)C3)C2)cc1. The number of carbonyl (C=O) groups is 1. The maximum Gasteiger partial charge on any atom is 0.269 e. The molecule has 1 amide bonds. The standard InChI is InChI=1S/C20H29N3O4S/c1-15(2)13-28(25,26)23-10-4-9-20(14-23)11-18(22-27-20)19(24)21-12-17-7-5-16(3)6-8-17/h5-8,15H,4,9-14H2,1-3H3,(H,21,24). The Morgan fingerprint density at radius 1 is 1.32 bits per heavy atom. The monoisotopic (exact) mass is 407 g/mol. The largest absolute Gasteiger partial charge is 0.387 e. The maximum atomic E-state index is 12.6. The highest BCUT2D eigenvalue weighted by Gasteiger charge is 2.47. The third kappa shape index (κ3) is 4.91. The third-order valence-corrected chi connectivity index (χ3v) is 7.30. The second kappa shape index (κ2) is 8.21. The number of aryl methyl sites for hydroxylation is 1. The van der Waals surface area contributed by atoms with E-state index < -0.39 is 15.6 Å². The summed E-state index contributed by atoms with van der Waals surface area (Å²) in [6.07, 6.45) is 1.73. The molecule has 1 N–H and O–H groups in total. The fourth-order valence-corrected chi connectivity index (χ4v) is 5.57. The van der Waals surface area contributed by atoms with E-state index in [1.165, 1.54) is 9.87 Å². The van der Waals surface area contributed by atoms with Crippen molar-refractivity contribution >= 4 is 21.6 Å². The maximum absolute atomic E-state index is 12.6. The molecule has 7 nitrogen and oxygen atoms in total. The van der Waals surface area contributed by atoms with Crippen molar-refractivity contribution in [1.29, 1.82) is 0 Å². The van der Waals surface area contributed by atoms with Gasteiger partial charge < -0.3 is 10.2 Å². The zero-order chi connectivity index (χ0) is 20.4. The lowest BCUT2D eigenvalue weighted by atomic mass is 9.89. The first kappa shape index (κ1) is 20.8. The van der Waals surface area contributed by atoms with Gasteiger partial charge in [-0.1, -0.05) is 48.8 Å². The van der Waals surface area contributed by atoms with Crippen LogP contribution in [0.15, 0.2) is 29.4 Å². The zero-order valence-corrected chi connectivity index (χ0v) is 17.6. The minimum absolute atomic E-state index is 0.0618. The Labute approximate surface area is 167 Å². The van der Waals surface area contributed by atoms with Crippen LogP contribution in [0.2, 0.25) is 0 Å². The minimum Gasteiger partial charge on any atom is -0.387 e. The van der Waals surface area contributed by atoms with Crippen molar-refractivity contribution in [3.63, 3.8) is 0 Å². The highest BCUT2D eigenvalue weighted by Crippen LogP contribution is 2.34. The van der Waals surface area contributed by atoms with Gasteiger partial charge in [0.05, 0.1) is 12.3 Å². The van der Waals surface area contributed by atoms with Gasteiger partial charge in [0.1, 0.15) is 5.71 Å². The number of benzene rings is 1. The number of sulfonamides is 1. The molecule has 28 heavy (non-hydrogen) atoms. The van der Waals surface area contributed by atoms with Gasteiger partial charge >= 0.3 is 0 Å². The molecule has 1 unspecified atom stereocenters. The van der Waals surface area contributed by atoms with Gasteiger partial charge in [-0.2, -0.15) is 4.31 Å². The predicted molar refractivity (Wildman–Crippen MR) is 108 cm³/mol. The lowest BCUT2D eigenvalue weighted by Gasteiger charge is -2.37. The summed E-state index contributed by atoms with van der Waals surface area (Å²) in [5.41, 5.74) is 1.78. The molecule has 3 rings (SSSR count). The molecule has 2 aliphatic rings. The number of piperidine rings is 1. The second-order valence-electron chi connectivity index (χ2n) is 8.27. The van der Waals surface area contributed by atoms with Crippen LogP contribution >= 0.6 is 0 Å². The Balaban J connectivity index is 1.58. The van der Waals surface area contributed by atoms with E-state index in [2.05, 4.69) is 10.5 Å². The molecular weight excluding hydrogens is 378 g/mol. The number of hydrogen-bond donors (Lipinski definition) is 1. The molecule has 1 fully saturated rings. The molecule has 2 aliphatic heterocycles. The van der Waals surface area contributed by atoms with Crippen LogP contribution in [0.25, 0.3) is 0 Å². The van der Waals surface area contributed by atoms with Crippen LogP contribution in [-0.2, 0) is 26.2 Å². The molecule has 1 aromatic carbocycles. The predicted octanol–water partition coefficient (Wildman–Crippen LogP) is 2.21. The Bertz CT molecular complexity index is 849. The van der Waals surface area contributed by atoms with Crippen molar-refractivity contribution in [1.82, 2.24) is 9.62 Å². The average Bonchev–Trinajstić information content (AvgIpc) is 3.03. The summed E-state index contributed by atoms with van der Waals surface area (Å²) in [7, 11) is -3.33.